The van der Waals surface area contributed by atoms with Crippen molar-refractivity contribution < 1.29 is 0 Å². The van der Waals surface area contributed by atoms with Crippen LogP contribution in [0.4, 0.5) is 11.6 Å². The van der Waals surface area contributed by atoms with Crippen LogP contribution >= 0.6 is 9.64 Å². The van der Waals surface area contributed by atoms with Gasteiger partial charge in [-0.1, -0.05) is 0 Å². The Morgan fingerprint density at radius 2 is 0.762 bits per heavy atom. The molecule has 10 heteroatoms. The number of hydrogen-bond acceptors (Lipinski definition) is 6. The Morgan fingerprint density at radius 1 is 0.405 bits per heavy atom. The third-order valence-corrected chi connectivity index (χ3v) is 14.1. The quantitative estimate of drug-likeness (QED) is 0.211. The molecule has 6 aromatic rings. The molecule has 8 nitrogen and oxygen atoms in total. The summed E-state index contributed by atoms with van der Waals surface area (Å²) < 4.78 is 4.30. The molecule has 0 amide bonds. The molecule has 4 aromatic carbocycles. The summed E-state index contributed by atoms with van der Waals surface area (Å²) in [6.45, 7) is 0. The Kier molecular flexibility index (Phi) is 4.42. The SMILES string of the molecule is [Cl][Ga]1[n]2c3c4ccccc4c2N=C2N=C(N=c4c5ccccc5c([n]41)=NC1=NC(=N3)c3ccccc31)c1ccccc12. The van der Waals surface area contributed by atoms with Gasteiger partial charge in [0.25, 0.3) is 0 Å². The van der Waals surface area contributed by atoms with E-state index in [1.807, 2.05) is 72.8 Å². The van der Waals surface area contributed by atoms with Gasteiger partial charge in [0.15, 0.2) is 0 Å². The second kappa shape index (κ2) is 8.13. The number of aromatic nitrogens is 2. The molecule has 6 heterocycles. The fourth-order valence-electron chi connectivity index (χ4n) is 6.37. The van der Waals surface area contributed by atoms with Gasteiger partial charge in [-0.15, -0.1) is 0 Å². The summed E-state index contributed by atoms with van der Waals surface area (Å²) in [5.74, 6) is 3.96. The molecule has 0 atom stereocenters. The molecule has 42 heavy (non-hydrogen) atoms. The van der Waals surface area contributed by atoms with Crippen molar-refractivity contribution in [2.75, 3.05) is 0 Å². The van der Waals surface area contributed by atoms with Crippen LogP contribution in [0.2, 0.25) is 0 Å². The van der Waals surface area contributed by atoms with E-state index < -0.39 is 15.7 Å². The Balaban J connectivity index is 1.50. The molecule has 4 aliphatic rings. The van der Waals surface area contributed by atoms with Crippen LogP contribution in [0.15, 0.2) is 127 Å². The number of fused-ring (bicyclic) bond motifs is 14. The van der Waals surface area contributed by atoms with Crippen LogP contribution < -0.4 is 11.0 Å². The van der Waals surface area contributed by atoms with E-state index in [-0.39, 0.29) is 0 Å². The van der Waals surface area contributed by atoms with E-state index in [2.05, 4.69) is 30.8 Å². The Morgan fingerprint density at radius 3 is 1.19 bits per heavy atom. The van der Waals surface area contributed by atoms with Crippen molar-refractivity contribution in [3.63, 3.8) is 0 Å². The van der Waals surface area contributed by atoms with Gasteiger partial charge in [0.1, 0.15) is 0 Å². The van der Waals surface area contributed by atoms with E-state index in [9.17, 15) is 0 Å². The first kappa shape index (κ1) is 22.8. The number of amidine groups is 4. The van der Waals surface area contributed by atoms with Crippen LogP contribution in [0, 0.1) is 0 Å². The first-order valence-electron chi connectivity index (χ1n) is 13.6. The molecule has 4 aliphatic heterocycles. The second-order valence-electron chi connectivity index (χ2n) is 10.5. The van der Waals surface area contributed by atoms with E-state index >= 15 is 0 Å². The monoisotopic (exact) mass is 616 g/mol. The van der Waals surface area contributed by atoms with Crippen molar-refractivity contribution in [1.29, 1.82) is 0 Å². The maximum absolute atomic E-state index is 7.80. The molecule has 6 bridgehead atoms. The van der Waals surface area contributed by atoms with E-state index in [0.29, 0.717) is 23.3 Å². The van der Waals surface area contributed by atoms with Gasteiger partial charge in [0.2, 0.25) is 0 Å². The van der Waals surface area contributed by atoms with Gasteiger partial charge in [-0.25, -0.2) is 0 Å². The van der Waals surface area contributed by atoms with Gasteiger partial charge in [-0.3, -0.25) is 0 Å². The van der Waals surface area contributed by atoms with Crippen molar-refractivity contribution in [1.82, 2.24) is 6.55 Å². The van der Waals surface area contributed by atoms with Crippen molar-refractivity contribution in [2.24, 2.45) is 30.0 Å². The molecule has 0 unspecified atom stereocenters. The van der Waals surface area contributed by atoms with Gasteiger partial charge in [-0.05, 0) is 0 Å². The van der Waals surface area contributed by atoms with E-state index in [4.69, 9.17) is 39.6 Å². The predicted molar refractivity (Wildman–Crippen MR) is 167 cm³/mol. The van der Waals surface area contributed by atoms with Crippen molar-refractivity contribution in [2.45, 2.75) is 0 Å². The first-order chi connectivity index (χ1) is 20.7. The van der Waals surface area contributed by atoms with E-state index in [1.165, 1.54) is 0 Å². The fraction of sp³-hybridized carbons (Fsp3) is 0. The molecule has 10 rings (SSSR count). The Hall–Kier alpha value is -4.83. The first-order valence-corrected chi connectivity index (χ1v) is 19.0. The van der Waals surface area contributed by atoms with Gasteiger partial charge < -0.3 is 0 Å². The van der Waals surface area contributed by atoms with Crippen LogP contribution in [0.25, 0.3) is 21.5 Å². The Bertz CT molecular complexity index is 2330. The minimum atomic E-state index is -3.38. The van der Waals surface area contributed by atoms with Crippen LogP contribution in [0.3, 0.4) is 0 Å². The zero-order valence-electron chi connectivity index (χ0n) is 21.8. The standard InChI is InChI=1S/C32H16N8.ClH.Ga/c1-2-10-18-17(9-1)25-33-26(18)38-28-21-13-5-6-14-22(21)30(35-28)40-32-24-16-8-7-15-23(24)31(36-32)39-29-20-12-4-3-11-19(20)27(34-29)37-25;;/h1-16H;1H;/q-2;;+3/p-1. The van der Waals surface area contributed by atoms with Gasteiger partial charge in [-0.2, -0.15) is 0 Å². The number of rotatable bonds is 0. The minimum absolute atomic E-state index is 0.618. The summed E-state index contributed by atoms with van der Waals surface area (Å²) in [5, 5.41) is 3.85. The molecule has 0 saturated heterocycles. The summed E-state index contributed by atoms with van der Waals surface area (Å²) in [4.78, 5) is 30.9. The van der Waals surface area contributed by atoms with Gasteiger partial charge in [0.05, 0.1) is 0 Å². The number of halogens is 1. The molecule has 194 valence electrons. The molecule has 0 fully saturated rings. The normalized spacial score (nSPS) is 15.7. The number of hydrogen-bond donors (Lipinski definition) is 0. The molecular formula is C32H16ClGaN8. The average molecular weight is 618 g/mol. The molecule has 0 aliphatic carbocycles. The Labute approximate surface area is 247 Å². The number of nitrogens with zero attached hydrogens (tertiary/aromatic N) is 8. The van der Waals surface area contributed by atoms with Crippen molar-refractivity contribution in [3.8, 4) is 0 Å². The molecular weight excluding hydrogens is 602 g/mol. The zero-order valence-corrected chi connectivity index (χ0v) is 24.9. The van der Waals surface area contributed by atoms with E-state index in [1.54, 1.807) is 0 Å². The van der Waals surface area contributed by atoms with Crippen LogP contribution in [0.1, 0.15) is 22.3 Å². The third-order valence-electron chi connectivity index (χ3n) is 8.25. The predicted octanol–water partition coefficient (Wildman–Crippen LogP) is 5.16. The van der Waals surface area contributed by atoms with E-state index in [0.717, 1.165) is 66.4 Å². The number of benzene rings is 4. The molecule has 2 aromatic heterocycles. The average Bonchev–Trinajstić information content (AvgIpc) is 3.74. The van der Waals surface area contributed by atoms with Crippen molar-refractivity contribution in [3.05, 3.63) is 130 Å². The summed E-state index contributed by atoms with van der Waals surface area (Å²) >= 11 is -3.38. The molecule has 0 N–H and O–H groups in total. The second-order valence-corrected chi connectivity index (χ2v) is 16.0. The zero-order chi connectivity index (χ0) is 27.5. The van der Waals surface area contributed by atoms with Crippen molar-refractivity contribution >= 4 is 81.9 Å². The summed E-state index contributed by atoms with van der Waals surface area (Å²) in [5.41, 5.74) is 5.25. The molecule has 0 spiro atoms. The molecule has 0 saturated carbocycles. The van der Waals surface area contributed by atoms with Crippen LogP contribution in [-0.2, 0) is 0 Å². The maximum atomic E-state index is 7.80. The summed E-state index contributed by atoms with van der Waals surface area (Å²) in [7, 11) is 7.80. The number of aliphatic imine (C=N–C) groups is 4. The van der Waals surface area contributed by atoms with Crippen LogP contribution in [0.5, 0.6) is 0 Å². The fourth-order valence-corrected chi connectivity index (χ4v) is 12.1. The van der Waals surface area contributed by atoms with Crippen LogP contribution in [-0.4, -0.2) is 45.6 Å². The summed E-state index contributed by atoms with van der Waals surface area (Å²) in [6, 6.07) is 32.6. The topological polar surface area (TPSA) is 84.0 Å². The van der Waals surface area contributed by atoms with Gasteiger partial charge in [0, 0.05) is 0 Å². The summed E-state index contributed by atoms with van der Waals surface area (Å²) in [6.07, 6.45) is 0. The molecule has 0 radical (unpaired) electrons. The third kappa shape index (κ3) is 2.89. The van der Waals surface area contributed by atoms with Gasteiger partial charge >= 0.3 is 249 Å².